The molecule has 2 aromatic rings. The minimum atomic E-state index is -1.22. The molecule has 96 valence electrons. The van der Waals surface area contributed by atoms with Crippen LogP contribution in [0.25, 0.3) is 0 Å². The van der Waals surface area contributed by atoms with Gasteiger partial charge in [-0.25, -0.2) is 4.79 Å². The highest BCUT2D eigenvalue weighted by Crippen LogP contribution is 2.24. The van der Waals surface area contributed by atoms with Gasteiger partial charge in [0.05, 0.1) is 16.9 Å². The molecule has 0 heterocycles. The third-order valence-corrected chi connectivity index (χ3v) is 2.74. The molecule has 0 bridgehead atoms. The third kappa shape index (κ3) is 2.40. The number of benzene rings is 2. The number of aromatic carboxylic acids is 1. The summed E-state index contributed by atoms with van der Waals surface area (Å²) >= 11 is 0. The van der Waals surface area contributed by atoms with E-state index >= 15 is 0 Å². The molecular formula is C14H12N2O3. The van der Waals surface area contributed by atoms with E-state index in [2.05, 4.69) is 0 Å². The molecule has 19 heavy (non-hydrogen) atoms. The Morgan fingerprint density at radius 2 is 1.58 bits per heavy atom. The van der Waals surface area contributed by atoms with Gasteiger partial charge in [-0.05, 0) is 12.1 Å². The lowest BCUT2D eigenvalue weighted by atomic mass is 9.99. The Labute approximate surface area is 109 Å². The topological polar surface area (TPSA) is 106 Å². The molecule has 0 aliphatic rings. The molecule has 0 atom stereocenters. The quantitative estimate of drug-likeness (QED) is 0.573. The Bertz CT molecular complexity index is 651. The Kier molecular flexibility index (Phi) is 3.20. The van der Waals surface area contributed by atoms with Crippen LogP contribution in [0.2, 0.25) is 0 Å². The fourth-order valence-corrected chi connectivity index (χ4v) is 1.74. The predicted molar refractivity (Wildman–Crippen MR) is 72.1 cm³/mol. The number of hydrogen-bond acceptors (Lipinski definition) is 4. The highest BCUT2D eigenvalue weighted by atomic mass is 16.4. The number of rotatable bonds is 3. The zero-order valence-electron chi connectivity index (χ0n) is 9.96. The first-order chi connectivity index (χ1) is 9.00. The van der Waals surface area contributed by atoms with Gasteiger partial charge in [0.15, 0.2) is 5.78 Å². The first-order valence-electron chi connectivity index (χ1n) is 5.52. The number of ketones is 1. The molecule has 0 aromatic heterocycles. The number of anilines is 2. The van der Waals surface area contributed by atoms with E-state index in [1.807, 2.05) is 0 Å². The Hall–Kier alpha value is -2.82. The van der Waals surface area contributed by atoms with Crippen molar-refractivity contribution >= 4 is 23.1 Å². The molecule has 0 amide bonds. The highest BCUT2D eigenvalue weighted by molar-refractivity contribution is 6.11. The fourth-order valence-electron chi connectivity index (χ4n) is 1.74. The standard InChI is InChI=1S/C14H12N2O3/c15-11-7-9(6-10(12(11)16)14(18)19)13(17)8-4-2-1-3-5-8/h1-7H,15-16H2,(H,18,19). The summed E-state index contributed by atoms with van der Waals surface area (Å²) in [6, 6.07) is 11.2. The van der Waals surface area contributed by atoms with Gasteiger partial charge in [0.1, 0.15) is 0 Å². The zero-order valence-corrected chi connectivity index (χ0v) is 9.96. The first-order valence-corrected chi connectivity index (χ1v) is 5.52. The molecule has 0 aliphatic heterocycles. The predicted octanol–water partition coefficient (Wildman–Crippen LogP) is 1.78. The summed E-state index contributed by atoms with van der Waals surface area (Å²) < 4.78 is 0. The van der Waals surface area contributed by atoms with E-state index < -0.39 is 5.97 Å². The Balaban J connectivity index is 2.52. The maximum absolute atomic E-state index is 12.2. The summed E-state index contributed by atoms with van der Waals surface area (Å²) in [6.45, 7) is 0. The second-order valence-electron chi connectivity index (χ2n) is 4.03. The van der Waals surface area contributed by atoms with Crippen LogP contribution in [0.15, 0.2) is 42.5 Å². The molecule has 0 aliphatic carbocycles. The maximum Gasteiger partial charge on any atom is 0.337 e. The van der Waals surface area contributed by atoms with Crippen molar-refractivity contribution < 1.29 is 14.7 Å². The zero-order chi connectivity index (χ0) is 14.0. The highest BCUT2D eigenvalue weighted by Gasteiger charge is 2.16. The lowest BCUT2D eigenvalue weighted by molar-refractivity contribution is 0.0698. The van der Waals surface area contributed by atoms with Gasteiger partial charge in [-0.15, -0.1) is 0 Å². The lowest BCUT2D eigenvalue weighted by Crippen LogP contribution is -2.10. The van der Waals surface area contributed by atoms with E-state index in [9.17, 15) is 9.59 Å². The van der Waals surface area contributed by atoms with E-state index in [1.165, 1.54) is 12.1 Å². The molecule has 2 aromatic carbocycles. The van der Waals surface area contributed by atoms with Crippen LogP contribution in [0, 0.1) is 0 Å². The van der Waals surface area contributed by atoms with Gasteiger partial charge in [-0.3, -0.25) is 4.79 Å². The molecule has 0 saturated heterocycles. The largest absolute Gasteiger partial charge is 0.478 e. The van der Waals surface area contributed by atoms with Gasteiger partial charge in [0.2, 0.25) is 0 Å². The number of hydrogen-bond donors (Lipinski definition) is 3. The van der Waals surface area contributed by atoms with E-state index in [-0.39, 0.29) is 28.3 Å². The molecular weight excluding hydrogens is 244 g/mol. The molecule has 2 rings (SSSR count). The van der Waals surface area contributed by atoms with Crippen molar-refractivity contribution in [2.24, 2.45) is 0 Å². The van der Waals surface area contributed by atoms with Crippen LogP contribution in [-0.4, -0.2) is 16.9 Å². The summed E-state index contributed by atoms with van der Waals surface area (Å²) in [6.07, 6.45) is 0. The van der Waals surface area contributed by atoms with E-state index in [0.717, 1.165) is 0 Å². The number of carbonyl (C=O) groups excluding carboxylic acids is 1. The first kappa shape index (κ1) is 12.6. The molecule has 5 heteroatoms. The van der Waals surface area contributed by atoms with Crippen LogP contribution in [-0.2, 0) is 0 Å². The van der Waals surface area contributed by atoms with E-state index in [1.54, 1.807) is 30.3 Å². The molecule has 0 saturated carbocycles. The van der Waals surface area contributed by atoms with Crippen molar-refractivity contribution in [3.8, 4) is 0 Å². The molecule has 5 N–H and O–H groups in total. The van der Waals surface area contributed by atoms with Crippen LogP contribution in [0.4, 0.5) is 11.4 Å². The summed E-state index contributed by atoms with van der Waals surface area (Å²) in [5.41, 5.74) is 11.8. The van der Waals surface area contributed by atoms with Gasteiger partial charge < -0.3 is 16.6 Å². The average molecular weight is 256 g/mol. The van der Waals surface area contributed by atoms with E-state index in [4.69, 9.17) is 16.6 Å². The molecule has 0 fully saturated rings. The second-order valence-corrected chi connectivity index (χ2v) is 4.03. The van der Waals surface area contributed by atoms with Crippen molar-refractivity contribution in [1.29, 1.82) is 0 Å². The summed E-state index contributed by atoms with van der Waals surface area (Å²) in [7, 11) is 0. The van der Waals surface area contributed by atoms with Crippen molar-refractivity contribution in [3.63, 3.8) is 0 Å². The van der Waals surface area contributed by atoms with Crippen LogP contribution in [0.1, 0.15) is 26.3 Å². The van der Waals surface area contributed by atoms with E-state index in [0.29, 0.717) is 5.56 Å². The smallest absolute Gasteiger partial charge is 0.337 e. The number of nitrogen functional groups attached to an aromatic ring is 2. The van der Waals surface area contributed by atoms with Crippen molar-refractivity contribution in [2.45, 2.75) is 0 Å². The summed E-state index contributed by atoms with van der Waals surface area (Å²) in [4.78, 5) is 23.2. The van der Waals surface area contributed by atoms with Crippen LogP contribution in [0.5, 0.6) is 0 Å². The van der Waals surface area contributed by atoms with Gasteiger partial charge in [0, 0.05) is 11.1 Å². The second kappa shape index (κ2) is 4.81. The Morgan fingerprint density at radius 3 is 2.16 bits per heavy atom. The third-order valence-electron chi connectivity index (χ3n) is 2.74. The molecule has 5 nitrogen and oxygen atoms in total. The van der Waals surface area contributed by atoms with Gasteiger partial charge in [-0.2, -0.15) is 0 Å². The van der Waals surface area contributed by atoms with Crippen LogP contribution in [0.3, 0.4) is 0 Å². The monoisotopic (exact) mass is 256 g/mol. The van der Waals surface area contributed by atoms with Gasteiger partial charge in [-0.1, -0.05) is 30.3 Å². The van der Waals surface area contributed by atoms with Crippen molar-refractivity contribution in [2.75, 3.05) is 11.5 Å². The number of carboxylic acids is 1. The number of carbonyl (C=O) groups is 2. The summed E-state index contributed by atoms with van der Waals surface area (Å²) in [5.74, 6) is -1.51. The lowest BCUT2D eigenvalue weighted by Gasteiger charge is -2.08. The van der Waals surface area contributed by atoms with Gasteiger partial charge >= 0.3 is 5.97 Å². The molecule has 0 radical (unpaired) electrons. The van der Waals surface area contributed by atoms with Gasteiger partial charge in [0.25, 0.3) is 0 Å². The maximum atomic E-state index is 12.2. The molecule has 0 spiro atoms. The Morgan fingerprint density at radius 1 is 0.947 bits per heavy atom. The van der Waals surface area contributed by atoms with Crippen molar-refractivity contribution in [1.82, 2.24) is 0 Å². The van der Waals surface area contributed by atoms with Crippen molar-refractivity contribution in [3.05, 3.63) is 59.2 Å². The SMILES string of the molecule is Nc1cc(C(=O)c2ccccc2)cc(C(=O)O)c1N. The summed E-state index contributed by atoms with van der Waals surface area (Å²) in [5, 5.41) is 9.02. The van der Waals surface area contributed by atoms with Crippen LogP contribution >= 0.6 is 0 Å². The number of carboxylic acid groups (broad SMARTS) is 1. The minimum absolute atomic E-state index is 0.0305. The fraction of sp³-hybridized carbons (Fsp3) is 0. The average Bonchev–Trinajstić information content (AvgIpc) is 2.41. The van der Waals surface area contributed by atoms with Crippen LogP contribution < -0.4 is 11.5 Å². The minimum Gasteiger partial charge on any atom is -0.478 e. The molecule has 0 unspecified atom stereocenters. The number of nitrogens with two attached hydrogens (primary N) is 2. The normalized spacial score (nSPS) is 10.1.